The van der Waals surface area contributed by atoms with Crippen LogP contribution in [0.3, 0.4) is 0 Å². The van der Waals surface area contributed by atoms with Gasteiger partial charge in [-0.25, -0.2) is 4.39 Å². The minimum Gasteiger partial charge on any atom is -0.494 e. The molecule has 1 atom stereocenters. The van der Waals surface area contributed by atoms with Gasteiger partial charge in [0.1, 0.15) is 23.4 Å². The molecule has 1 aliphatic rings. The van der Waals surface area contributed by atoms with Crippen molar-refractivity contribution < 1.29 is 18.7 Å². The molecule has 0 spiro atoms. The van der Waals surface area contributed by atoms with Crippen LogP contribution in [0.2, 0.25) is 0 Å². The predicted octanol–water partition coefficient (Wildman–Crippen LogP) is 3.48. The first kappa shape index (κ1) is 16.3. The number of benzene rings is 2. The number of nitrogens with one attached hydrogen (secondary N) is 1. The van der Waals surface area contributed by atoms with Crippen LogP contribution in [-0.2, 0) is 13.0 Å². The summed E-state index contributed by atoms with van der Waals surface area (Å²) in [5, 5.41) is 2.80. The van der Waals surface area contributed by atoms with Gasteiger partial charge in [0.05, 0.1) is 6.61 Å². The highest BCUT2D eigenvalue weighted by Gasteiger charge is 2.22. The smallest absolute Gasteiger partial charge is 0.251 e. The van der Waals surface area contributed by atoms with Crippen LogP contribution in [-0.4, -0.2) is 18.6 Å². The SMILES string of the molecule is CCOc1cc2c(cc1CNC(=O)c1cccc(F)c1)OC(C)C2. The standard InChI is InChI=1S/C19H20FNO3/c1-3-23-17-9-14-7-12(2)24-18(14)10-15(17)11-21-19(22)13-5-4-6-16(20)8-13/h4-6,8-10,12H,3,7,11H2,1-2H3,(H,21,22). The van der Waals surface area contributed by atoms with E-state index in [0.29, 0.717) is 12.2 Å². The number of rotatable bonds is 5. The molecule has 5 heteroatoms. The second-order valence-corrected chi connectivity index (χ2v) is 5.83. The molecule has 0 aliphatic carbocycles. The van der Waals surface area contributed by atoms with Crippen molar-refractivity contribution in [1.29, 1.82) is 0 Å². The second-order valence-electron chi connectivity index (χ2n) is 5.83. The number of hydrogen-bond acceptors (Lipinski definition) is 3. The fourth-order valence-corrected chi connectivity index (χ4v) is 2.82. The molecular weight excluding hydrogens is 309 g/mol. The summed E-state index contributed by atoms with van der Waals surface area (Å²) in [6.07, 6.45) is 0.998. The molecule has 2 aromatic carbocycles. The van der Waals surface area contributed by atoms with E-state index in [0.717, 1.165) is 29.0 Å². The van der Waals surface area contributed by atoms with Gasteiger partial charge in [0, 0.05) is 29.7 Å². The third-order valence-electron chi connectivity index (χ3n) is 3.91. The quantitative estimate of drug-likeness (QED) is 0.913. The Bertz CT molecular complexity index is 760. The third-order valence-corrected chi connectivity index (χ3v) is 3.91. The molecule has 0 saturated heterocycles. The maximum atomic E-state index is 13.2. The van der Waals surface area contributed by atoms with Crippen LogP contribution in [0.15, 0.2) is 36.4 Å². The monoisotopic (exact) mass is 329 g/mol. The van der Waals surface area contributed by atoms with E-state index in [4.69, 9.17) is 9.47 Å². The molecule has 0 radical (unpaired) electrons. The lowest BCUT2D eigenvalue weighted by molar-refractivity contribution is 0.0950. The van der Waals surface area contributed by atoms with E-state index >= 15 is 0 Å². The van der Waals surface area contributed by atoms with Gasteiger partial charge in [-0.3, -0.25) is 4.79 Å². The fraction of sp³-hybridized carbons (Fsp3) is 0.316. The van der Waals surface area contributed by atoms with Gasteiger partial charge in [0.2, 0.25) is 0 Å². The van der Waals surface area contributed by atoms with Gasteiger partial charge in [0.25, 0.3) is 5.91 Å². The molecule has 4 nitrogen and oxygen atoms in total. The second kappa shape index (κ2) is 6.91. The molecule has 1 unspecified atom stereocenters. The zero-order valence-corrected chi connectivity index (χ0v) is 13.8. The Kier molecular flexibility index (Phi) is 4.69. The van der Waals surface area contributed by atoms with Gasteiger partial charge < -0.3 is 14.8 Å². The van der Waals surface area contributed by atoms with E-state index in [1.54, 1.807) is 6.07 Å². The van der Waals surface area contributed by atoms with Crippen LogP contribution >= 0.6 is 0 Å². The summed E-state index contributed by atoms with van der Waals surface area (Å²) in [5.41, 5.74) is 2.25. The van der Waals surface area contributed by atoms with Crippen molar-refractivity contribution in [1.82, 2.24) is 5.32 Å². The van der Waals surface area contributed by atoms with Gasteiger partial charge in [-0.2, -0.15) is 0 Å². The molecule has 2 aromatic rings. The summed E-state index contributed by atoms with van der Waals surface area (Å²) in [6, 6.07) is 9.51. The van der Waals surface area contributed by atoms with Crippen LogP contribution in [0, 0.1) is 5.82 Å². The van der Waals surface area contributed by atoms with Crippen molar-refractivity contribution in [2.45, 2.75) is 32.9 Å². The fourth-order valence-electron chi connectivity index (χ4n) is 2.82. The first-order valence-corrected chi connectivity index (χ1v) is 8.06. The van der Waals surface area contributed by atoms with E-state index in [-0.39, 0.29) is 18.6 Å². The average Bonchev–Trinajstić information content (AvgIpc) is 2.91. The summed E-state index contributed by atoms with van der Waals surface area (Å²) < 4.78 is 24.7. The molecule has 1 N–H and O–H groups in total. The molecular formula is C19H20FNO3. The van der Waals surface area contributed by atoms with E-state index in [1.807, 2.05) is 26.0 Å². The number of hydrogen-bond donors (Lipinski definition) is 1. The molecule has 1 heterocycles. The highest BCUT2D eigenvalue weighted by Crippen LogP contribution is 2.35. The van der Waals surface area contributed by atoms with Crippen LogP contribution in [0.25, 0.3) is 0 Å². The summed E-state index contributed by atoms with van der Waals surface area (Å²) in [4.78, 5) is 12.2. The Balaban J connectivity index is 1.77. The molecule has 0 aromatic heterocycles. The first-order valence-electron chi connectivity index (χ1n) is 8.06. The average molecular weight is 329 g/mol. The highest BCUT2D eigenvalue weighted by molar-refractivity contribution is 5.94. The molecule has 3 rings (SSSR count). The number of fused-ring (bicyclic) bond motifs is 1. The first-order chi connectivity index (χ1) is 11.6. The molecule has 0 saturated carbocycles. The zero-order valence-electron chi connectivity index (χ0n) is 13.8. The molecule has 0 fully saturated rings. The molecule has 1 aliphatic heterocycles. The van der Waals surface area contributed by atoms with Crippen LogP contribution in [0.1, 0.15) is 35.3 Å². The Hall–Kier alpha value is -2.56. The maximum Gasteiger partial charge on any atom is 0.251 e. The normalized spacial score (nSPS) is 15.5. The molecule has 1 amide bonds. The summed E-state index contributed by atoms with van der Waals surface area (Å²) >= 11 is 0. The Morgan fingerprint density at radius 2 is 2.21 bits per heavy atom. The van der Waals surface area contributed by atoms with E-state index in [1.165, 1.54) is 18.2 Å². The Morgan fingerprint density at radius 3 is 2.96 bits per heavy atom. The predicted molar refractivity (Wildman–Crippen MR) is 89.0 cm³/mol. The molecule has 126 valence electrons. The van der Waals surface area contributed by atoms with Gasteiger partial charge in [-0.05, 0) is 44.2 Å². The van der Waals surface area contributed by atoms with Crippen molar-refractivity contribution in [2.24, 2.45) is 0 Å². The van der Waals surface area contributed by atoms with Crippen LogP contribution < -0.4 is 14.8 Å². The van der Waals surface area contributed by atoms with Gasteiger partial charge in [-0.1, -0.05) is 6.07 Å². The Morgan fingerprint density at radius 1 is 1.38 bits per heavy atom. The number of carbonyl (C=O) groups excluding carboxylic acids is 1. The van der Waals surface area contributed by atoms with Crippen molar-refractivity contribution in [3.05, 3.63) is 58.9 Å². The molecule has 24 heavy (non-hydrogen) atoms. The lowest BCUT2D eigenvalue weighted by atomic mass is 10.1. The summed E-state index contributed by atoms with van der Waals surface area (Å²) in [7, 11) is 0. The topological polar surface area (TPSA) is 47.6 Å². The highest BCUT2D eigenvalue weighted by atomic mass is 19.1. The zero-order chi connectivity index (χ0) is 17.1. The minimum absolute atomic E-state index is 0.145. The molecule has 0 bridgehead atoms. The van der Waals surface area contributed by atoms with Gasteiger partial charge in [-0.15, -0.1) is 0 Å². The number of halogens is 1. The Labute approximate surface area is 140 Å². The van der Waals surface area contributed by atoms with Crippen molar-refractivity contribution in [3.8, 4) is 11.5 Å². The largest absolute Gasteiger partial charge is 0.494 e. The summed E-state index contributed by atoms with van der Waals surface area (Å²) in [5.74, 6) is 0.818. The van der Waals surface area contributed by atoms with Gasteiger partial charge >= 0.3 is 0 Å². The van der Waals surface area contributed by atoms with Crippen LogP contribution in [0.5, 0.6) is 11.5 Å². The van der Waals surface area contributed by atoms with E-state index in [9.17, 15) is 9.18 Å². The lowest BCUT2D eigenvalue weighted by Crippen LogP contribution is -2.23. The van der Waals surface area contributed by atoms with Crippen molar-refractivity contribution in [3.63, 3.8) is 0 Å². The number of ether oxygens (including phenoxy) is 2. The van der Waals surface area contributed by atoms with E-state index in [2.05, 4.69) is 5.32 Å². The minimum atomic E-state index is -0.433. The lowest BCUT2D eigenvalue weighted by Gasteiger charge is -2.13. The van der Waals surface area contributed by atoms with Crippen LogP contribution in [0.4, 0.5) is 4.39 Å². The van der Waals surface area contributed by atoms with Crippen molar-refractivity contribution >= 4 is 5.91 Å². The van der Waals surface area contributed by atoms with Crippen molar-refractivity contribution in [2.75, 3.05) is 6.61 Å². The van der Waals surface area contributed by atoms with E-state index < -0.39 is 5.82 Å². The maximum absolute atomic E-state index is 13.2. The van der Waals surface area contributed by atoms with Gasteiger partial charge in [0.15, 0.2) is 0 Å². The number of amides is 1. The third kappa shape index (κ3) is 3.50. The summed E-state index contributed by atoms with van der Waals surface area (Å²) in [6.45, 7) is 4.77. The number of carbonyl (C=O) groups is 1.